The first kappa shape index (κ1) is 12.0. The molecule has 1 aromatic carbocycles. The molecule has 1 N–H and O–H groups in total. The summed E-state index contributed by atoms with van der Waals surface area (Å²) in [6.07, 6.45) is 5.12. The largest absolute Gasteiger partial charge is 0.304 e. The van der Waals surface area contributed by atoms with Gasteiger partial charge < -0.3 is 5.32 Å². The summed E-state index contributed by atoms with van der Waals surface area (Å²) in [5, 5.41) is 4.15. The first-order valence-electron chi connectivity index (χ1n) is 5.50. The van der Waals surface area contributed by atoms with Gasteiger partial charge in [0, 0.05) is 36.2 Å². The molecule has 17 heavy (non-hydrogen) atoms. The van der Waals surface area contributed by atoms with Gasteiger partial charge in [-0.15, -0.1) is 0 Å². The van der Waals surface area contributed by atoms with Gasteiger partial charge in [-0.25, -0.2) is 0 Å². The summed E-state index contributed by atoms with van der Waals surface area (Å²) in [6, 6.07) is 8.03. The quantitative estimate of drug-likeness (QED) is 0.903. The minimum absolute atomic E-state index is 0.186. The fourth-order valence-corrected chi connectivity index (χ4v) is 1.91. The molecule has 0 spiro atoms. The highest BCUT2D eigenvalue weighted by atomic mass is 35.5. The average molecular weight is 248 g/mol. The Morgan fingerprint density at radius 1 is 1.29 bits per heavy atom. The monoisotopic (exact) mass is 247 g/mol. The van der Waals surface area contributed by atoms with Gasteiger partial charge in [-0.3, -0.25) is 9.97 Å². The van der Waals surface area contributed by atoms with Crippen LogP contribution < -0.4 is 5.32 Å². The molecular formula is C13H14ClN3. The Balaban J connectivity index is 1.99. The predicted octanol–water partition coefficient (Wildman–Crippen LogP) is 2.98. The van der Waals surface area contributed by atoms with Crippen LogP contribution in [0.1, 0.15) is 24.2 Å². The number of halogens is 1. The van der Waals surface area contributed by atoms with E-state index in [9.17, 15) is 0 Å². The lowest BCUT2D eigenvalue weighted by Crippen LogP contribution is -2.19. The Morgan fingerprint density at radius 3 is 2.82 bits per heavy atom. The smallest absolute Gasteiger partial charge is 0.0724 e. The lowest BCUT2D eigenvalue weighted by atomic mass is 10.1. The average Bonchev–Trinajstić information content (AvgIpc) is 2.38. The topological polar surface area (TPSA) is 37.8 Å². The third kappa shape index (κ3) is 3.25. The van der Waals surface area contributed by atoms with E-state index in [0.717, 1.165) is 16.3 Å². The second-order valence-electron chi connectivity index (χ2n) is 3.82. The minimum atomic E-state index is 0.186. The molecule has 0 aliphatic rings. The van der Waals surface area contributed by atoms with Gasteiger partial charge >= 0.3 is 0 Å². The molecule has 4 heteroatoms. The fourth-order valence-electron chi connectivity index (χ4n) is 1.62. The molecule has 3 nitrogen and oxygen atoms in total. The van der Waals surface area contributed by atoms with Crippen LogP contribution in [0.3, 0.4) is 0 Å². The summed E-state index contributed by atoms with van der Waals surface area (Å²) >= 11 is 6.13. The van der Waals surface area contributed by atoms with Crippen molar-refractivity contribution in [3.05, 3.63) is 59.1 Å². The zero-order chi connectivity index (χ0) is 12.1. The Kier molecular flexibility index (Phi) is 4.07. The van der Waals surface area contributed by atoms with Crippen LogP contribution in [0.25, 0.3) is 0 Å². The SMILES string of the molecule is C[C@@H](NCc1cnccn1)c1ccccc1Cl. The van der Waals surface area contributed by atoms with Crippen molar-refractivity contribution < 1.29 is 0 Å². The number of hydrogen-bond acceptors (Lipinski definition) is 3. The van der Waals surface area contributed by atoms with Crippen LogP contribution in [0, 0.1) is 0 Å². The predicted molar refractivity (Wildman–Crippen MR) is 68.7 cm³/mol. The molecule has 1 aromatic heterocycles. The molecule has 88 valence electrons. The van der Waals surface area contributed by atoms with E-state index >= 15 is 0 Å². The van der Waals surface area contributed by atoms with E-state index in [1.807, 2.05) is 24.3 Å². The van der Waals surface area contributed by atoms with E-state index in [-0.39, 0.29) is 6.04 Å². The maximum absolute atomic E-state index is 6.13. The summed E-state index contributed by atoms with van der Waals surface area (Å²) in [7, 11) is 0. The van der Waals surface area contributed by atoms with Crippen LogP contribution in [0.5, 0.6) is 0 Å². The van der Waals surface area contributed by atoms with Gasteiger partial charge in [0.05, 0.1) is 5.69 Å². The standard InChI is InChI=1S/C13H14ClN3/c1-10(12-4-2-3-5-13(12)14)17-9-11-8-15-6-7-16-11/h2-8,10,17H,9H2,1H3/t10-/m1/s1. The number of rotatable bonds is 4. The molecule has 0 aliphatic carbocycles. The summed E-state index contributed by atoms with van der Waals surface area (Å²) in [4.78, 5) is 8.23. The maximum Gasteiger partial charge on any atom is 0.0724 e. The Hall–Kier alpha value is -1.45. The van der Waals surface area contributed by atoms with Gasteiger partial charge in [-0.05, 0) is 18.6 Å². The van der Waals surface area contributed by atoms with Gasteiger partial charge in [0.15, 0.2) is 0 Å². The van der Waals surface area contributed by atoms with Crippen LogP contribution in [0.2, 0.25) is 5.02 Å². The molecule has 0 radical (unpaired) electrons. The second kappa shape index (κ2) is 5.75. The van der Waals surface area contributed by atoms with Crippen molar-refractivity contribution in [3.63, 3.8) is 0 Å². The van der Waals surface area contributed by atoms with Gasteiger partial charge in [0.25, 0.3) is 0 Å². The number of nitrogens with one attached hydrogen (secondary N) is 1. The highest BCUT2D eigenvalue weighted by Crippen LogP contribution is 2.22. The summed E-state index contributed by atoms with van der Waals surface area (Å²) < 4.78 is 0. The van der Waals surface area contributed by atoms with Crippen LogP contribution in [-0.4, -0.2) is 9.97 Å². The van der Waals surface area contributed by atoms with E-state index in [4.69, 9.17) is 11.6 Å². The van der Waals surface area contributed by atoms with Gasteiger partial charge in [0.2, 0.25) is 0 Å². The number of hydrogen-bond donors (Lipinski definition) is 1. The molecule has 2 aromatic rings. The zero-order valence-corrected chi connectivity index (χ0v) is 10.4. The summed E-state index contributed by atoms with van der Waals surface area (Å²) in [6.45, 7) is 2.76. The first-order chi connectivity index (χ1) is 8.27. The van der Waals surface area contributed by atoms with Crippen molar-refractivity contribution in [3.8, 4) is 0 Å². The molecule has 1 heterocycles. The molecular weight excluding hydrogens is 234 g/mol. The third-order valence-corrected chi connectivity index (χ3v) is 2.92. The third-order valence-electron chi connectivity index (χ3n) is 2.58. The van der Waals surface area contributed by atoms with Crippen LogP contribution in [-0.2, 0) is 6.54 Å². The number of nitrogens with zero attached hydrogens (tertiary/aromatic N) is 2. The lowest BCUT2D eigenvalue weighted by molar-refractivity contribution is 0.566. The first-order valence-corrected chi connectivity index (χ1v) is 5.88. The van der Waals surface area contributed by atoms with Gasteiger partial charge in [0.1, 0.15) is 0 Å². The van der Waals surface area contributed by atoms with E-state index < -0.39 is 0 Å². The zero-order valence-electron chi connectivity index (χ0n) is 9.60. The molecule has 2 rings (SSSR count). The van der Waals surface area contributed by atoms with Crippen molar-refractivity contribution in [2.75, 3.05) is 0 Å². The summed E-state index contributed by atoms with van der Waals surface area (Å²) in [5.74, 6) is 0. The van der Waals surface area contributed by atoms with Crippen molar-refractivity contribution >= 4 is 11.6 Å². The van der Waals surface area contributed by atoms with E-state index in [2.05, 4.69) is 22.2 Å². The van der Waals surface area contributed by atoms with Crippen LogP contribution in [0.4, 0.5) is 0 Å². The second-order valence-corrected chi connectivity index (χ2v) is 4.23. The molecule has 0 unspecified atom stereocenters. The van der Waals surface area contributed by atoms with Crippen molar-refractivity contribution in [1.82, 2.24) is 15.3 Å². The van der Waals surface area contributed by atoms with Crippen molar-refractivity contribution in [2.45, 2.75) is 19.5 Å². The van der Waals surface area contributed by atoms with Gasteiger partial charge in [-0.2, -0.15) is 0 Å². The van der Waals surface area contributed by atoms with E-state index in [1.165, 1.54) is 0 Å². The number of aromatic nitrogens is 2. The minimum Gasteiger partial charge on any atom is -0.304 e. The van der Waals surface area contributed by atoms with Crippen molar-refractivity contribution in [1.29, 1.82) is 0 Å². The van der Waals surface area contributed by atoms with E-state index in [0.29, 0.717) is 6.54 Å². The maximum atomic E-state index is 6.13. The highest BCUT2D eigenvalue weighted by molar-refractivity contribution is 6.31. The molecule has 0 saturated heterocycles. The molecule has 0 saturated carbocycles. The summed E-state index contributed by atoms with van der Waals surface area (Å²) in [5.41, 5.74) is 2.02. The normalized spacial score (nSPS) is 12.4. The van der Waals surface area contributed by atoms with E-state index in [1.54, 1.807) is 18.6 Å². The van der Waals surface area contributed by atoms with Crippen LogP contribution >= 0.6 is 11.6 Å². The molecule has 0 bridgehead atoms. The van der Waals surface area contributed by atoms with Gasteiger partial charge in [-0.1, -0.05) is 29.8 Å². The Bertz CT molecular complexity index is 473. The number of benzene rings is 1. The highest BCUT2D eigenvalue weighted by Gasteiger charge is 2.08. The molecule has 0 aliphatic heterocycles. The fraction of sp³-hybridized carbons (Fsp3) is 0.231. The van der Waals surface area contributed by atoms with Crippen molar-refractivity contribution in [2.24, 2.45) is 0 Å². The lowest BCUT2D eigenvalue weighted by Gasteiger charge is -2.15. The Morgan fingerprint density at radius 2 is 2.12 bits per heavy atom. The Labute approximate surface area is 106 Å². The molecule has 1 atom stereocenters. The molecule has 0 fully saturated rings. The van der Waals surface area contributed by atoms with Crippen LogP contribution in [0.15, 0.2) is 42.9 Å². The molecule has 0 amide bonds.